The summed E-state index contributed by atoms with van der Waals surface area (Å²) in [5.41, 5.74) is 7.33. The van der Waals surface area contributed by atoms with E-state index in [-0.39, 0.29) is 22.5 Å². The zero-order chi connectivity index (χ0) is 25.0. The Hall–Kier alpha value is -3.10. The van der Waals surface area contributed by atoms with E-state index in [1.54, 1.807) is 0 Å². The fraction of sp³-hybridized carbons (Fsp3) is 0.407. The quantitative estimate of drug-likeness (QED) is 0.461. The van der Waals surface area contributed by atoms with Gasteiger partial charge < -0.3 is 15.7 Å². The van der Waals surface area contributed by atoms with E-state index < -0.39 is 17.3 Å². The number of nitrogens with two attached hydrogens (primary N) is 1. The van der Waals surface area contributed by atoms with Crippen molar-refractivity contribution < 1.29 is 14.7 Å². The number of nitrogens with zero attached hydrogens (tertiary/aromatic N) is 3. The molecule has 7 nitrogen and oxygen atoms in total. The molecule has 3 aromatic rings. The van der Waals surface area contributed by atoms with Gasteiger partial charge in [0.05, 0.1) is 0 Å². The standard InChI is InChI=1S/C27H32N4O3S/c1-31(2)22(19-11-7-4-8-12-19)20-13-15-21(16-14-20)27(26(28)34,17-18-9-5-3-6-10-18)24-23(25(32)33)35-30-29-24/h3-12,20-22H,13-17H2,1-2H3,(H2,28,34)(H,32,33). The topological polar surface area (TPSA) is 109 Å². The normalized spacial score (nSPS) is 20.8. The largest absolute Gasteiger partial charge is 0.477 e. The minimum Gasteiger partial charge on any atom is -0.477 e. The highest BCUT2D eigenvalue weighted by atomic mass is 32.1. The van der Waals surface area contributed by atoms with Crippen molar-refractivity contribution in [2.75, 3.05) is 14.1 Å². The van der Waals surface area contributed by atoms with E-state index in [1.807, 2.05) is 36.4 Å². The van der Waals surface area contributed by atoms with E-state index in [0.717, 1.165) is 42.8 Å². The monoisotopic (exact) mass is 492 g/mol. The van der Waals surface area contributed by atoms with Crippen molar-refractivity contribution in [3.8, 4) is 0 Å². The number of hydrogen-bond acceptors (Lipinski definition) is 6. The Morgan fingerprint density at radius 2 is 1.66 bits per heavy atom. The molecular formula is C27H32N4O3S. The summed E-state index contributed by atoms with van der Waals surface area (Å²) < 4.78 is 3.93. The SMILES string of the molecule is CN(C)C(c1ccccc1)C1CCC(C(Cc2ccccc2)(C(N)=O)c2nnsc2C(=O)O)CC1. The third-order valence-corrected chi connectivity index (χ3v) is 8.20. The molecule has 1 heterocycles. The number of carboxylic acids is 1. The number of carbonyl (C=O) groups excluding carboxylic acids is 1. The third kappa shape index (κ3) is 4.99. The Labute approximate surface area is 210 Å². The number of hydrogen-bond donors (Lipinski definition) is 2. The molecule has 4 rings (SSSR count). The molecular weight excluding hydrogens is 460 g/mol. The molecule has 1 aliphatic rings. The lowest BCUT2D eigenvalue weighted by molar-refractivity contribution is -0.126. The predicted octanol–water partition coefficient (Wildman–Crippen LogP) is 4.31. The lowest BCUT2D eigenvalue weighted by Gasteiger charge is -2.44. The lowest BCUT2D eigenvalue weighted by atomic mass is 9.61. The predicted molar refractivity (Wildman–Crippen MR) is 136 cm³/mol. The van der Waals surface area contributed by atoms with E-state index in [4.69, 9.17) is 5.73 Å². The molecule has 0 bridgehead atoms. The molecule has 35 heavy (non-hydrogen) atoms. The molecule has 0 aliphatic heterocycles. The van der Waals surface area contributed by atoms with Gasteiger partial charge in [0.1, 0.15) is 11.1 Å². The molecule has 2 atom stereocenters. The Balaban J connectivity index is 1.69. The van der Waals surface area contributed by atoms with Gasteiger partial charge in [0.25, 0.3) is 0 Å². The highest BCUT2D eigenvalue weighted by Gasteiger charge is 2.51. The Morgan fingerprint density at radius 1 is 1.06 bits per heavy atom. The van der Waals surface area contributed by atoms with Crippen molar-refractivity contribution in [1.29, 1.82) is 0 Å². The van der Waals surface area contributed by atoms with Crippen LogP contribution in [0.3, 0.4) is 0 Å². The fourth-order valence-electron chi connectivity index (χ4n) is 5.94. The van der Waals surface area contributed by atoms with Gasteiger partial charge in [0, 0.05) is 6.04 Å². The second-order valence-electron chi connectivity index (χ2n) is 9.68. The van der Waals surface area contributed by atoms with Crippen molar-refractivity contribution in [3.05, 3.63) is 82.4 Å². The van der Waals surface area contributed by atoms with E-state index in [2.05, 4.69) is 52.8 Å². The van der Waals surface area contributed by atoms with Gasteiger partial charge in [-0.2, -0.15) is 0 Å². The molecule has 184 valence electrons. The summed E-state index contributed by atoms with van der Waals surface area (Å²) in [5, 5.41) is 14.1. The molecule has 1 amide bonds. The number of aromatic carboxylic acids is 1. The maximum atomic E-state index is 13.3. The van der Waals surface area contributed by atoms with Crippen LogP contribution >= 0.6 is 11.5 Å². The van der Waals surface area contributed by atoms with Crippen LogP contribution in [0.2, 0.25) is 0 Å². The first-order chi connectivity index (χ1) is 16.8. The first kappa shape index (κ1) is 25.0. The van der Waals surface area contributed by atoms with Crippen molar-refractivity contribution in [2.24, 2.45) is 17.6 Å². The molecule has 8 heteroatoms. The maximum absolute atomic E-state index is 13.3. The number of benzene rings is 2. The highest BCUT2D eigenvalue weighted by molar-refractivity contribution is 7.07. The Morgan fingerprint density at radius 3 is 2.20 bits per heavy atom. The van der Waals surface area contributed by atoms with E-state index in [1.165, 1.54) is 5.56 Å². The number of amides is 1. The molecule has 1 aromatic heterocycles. The zero-order valence-corrected chi connectivity index (χ0v) is 20.9. The van der Waals surface area contributed by atoms with Crippen LogP contribution in [0.1, 0.15) is 58.2 Å². The van der Waals surface area contributed by atoms with Crippen molar-refractivity contribution in [1.82, 2.24) is 14.5 Å². The molecule has 0 radical (unpaired) electrons. The molecule has 1 fully saturated rings. The summed E-state index contributed by atoms with van der Waals surface area (Å²) in [6, 6.07) is 20.4. The van der Waals surface area contributed by atoms with Crippen LogP contribution in [-0.2, 0) is 16.6 Å². The summed E-state index contributed by atoms with van der Waals surface area (Å²) in [6.45, 7) is 0. The number of primary amides is 1. The van der Waals surface area contributed by atoms with Gasteiger partial charge >= 0.3 is 5.97 Å². The highest BCUT2D eigenvalue weighted by Crippen LogP contribution is 2.48. The van der Waals surface area contributed by atoms with Gasteiger partial charge in [-0.15, -0.1) is 5.10 Å². The molecule has 1 aliphatic carbocycles. The van der Waals surface area contributed by atoms with Crippen LogP contribution in [0, 0.1) is 11.8 Å². The lowest BCUT2D eigenvalue weighted by Crippen LogP contribution is -2.51. The van der Waals surface area contributed by atoms with Gasteiger partial charge in [-0.05, 0) is 80.7 Å². The van der Waals surface area contributed by atoms with Gasteiger partial charge in [-0.1, -0.05) is 65.2 Å². The van der Waals surface area contributed by atoms with Crippen molar-refractivity contribution in [2.45, 2.75) is 43.6 Å². The van der Waals surface area contributed by atoms with Crippen LogP contribution in [0.25, 0.3) is 0 Å². The van der Waals surface area contributed by atoms with Crippen LogP contribution in [-0.4, -0.2) is 45.6 Å². The maximum Gasteiger partial charge on any atom is 0.349 e. The van der Waals surface area contributed by atoms with E-state index >= 15 is 0 Å². The minimum atomic E-state index is -1.23. The summed E-state index contributed by atoms with van der Waals surface area (Å²) in [7, 11) is 4.21. The second kappa shape index (κ2) is 10.7. The summed E-state index contributed by atoms with van der Waals surface area (Å²) in [4.78, 5) is 27.6. The van der Waals surface area contributed by atoms with Crippen LogP contribution in [0.5, 0.6) is 0 Å². The molecule has 2 aromatic carbocycles. The van der Waals surface area contributed by atoms with Gasteiger partial charge in [0.15, 0.2) is 4.88 Å². The summed E-state index contributed by atoms with van der Waals surface area (Å²) in [5.74, 6) is -1.37. The first-order valence-corrected chi connectivity index (χ1v) is 12.7. The van der Waals surface area contributed by atoms with Gasteiger partial charge in [0.2, 0.25) is 5.91 Å². The summed E-state index contributed by atoms with van der Waals surface area (Å²) in [6.07, 6.45) is 3.64. The third-order valence-electron chi connectivity index (χ3n) is 7.48. The first-order valence-electron chi connectivity index (χ1n) is 12.0. The average molecular weight is 493 g/mol. The molecule has 2 unspecified atom stereocenters. The molecule has 0 spiro atoms. The van der Waals surface area contributed by atoms with E-state index in [0.29, 0.717) is 12.3 Å². The van der Waals surface area contributed by atoms with Crippen LogP contribution in [0.15, 0.2) is 60.7 Å². The van der Waals surface area contributed by atoms with Gasteiger partial charge in [-0.25, -0.2) is 4.79 Å². The van der Waals surface area contributed by atoms with Gasteiger partial charge in [-0.3, -0.25) is 4.79 Å². The van der Waals surface area contributed by atoms with Crippen LogP contribution < -0.4 is 5.73 Å². The smallest absolute Gasteiger partial charge is 0.349 e. The average Bonchev–Trinajstić information content (AvgIpc) is 3.35. The minimum absolute atomic E-state index is 0.00249. The number of carboxylic acid groups (broad SMARTS) is 1. The molecule has 3 N–H and O–H groups in total. The van der Waals surface area contributed by atoms with Crippen LogP contribution in [0.4, 0.5) is 0 Å². The number of aromatic nitrogens is 2. The second-order valence-corrected chi connectivity index (χ2v) is 10.4. The molecule has 1 saturated carbocycles. The number of rotatable bonds is 9. The number of carbonyl (C=O) groups is 2. The Bertz CT molecular complexity index is 1140. The van der Waals surface area contributed by atoms with Crippen molar-refractivity contribution in [3.63, 3.8) is 0 Å². The Kier molecular flexibility index (Phi) is 7.62. The zero-order valence-electron chi connectivity index (χ0n) is 20.1. The summed E-state index contributed by atoms with van der Waals surface area (Å²) >= 11 is 0.808. The fourth-order valence-corrected chi connectivity index (χ4v) is 6.53. The van der Waals surface area contributed by atoms with Crippen molar-refractivity contribution >= 4 is 23.4 Å². The molecule has 0 saturated heterocycles. The van der Waals surface area contributed by atoms with E-state index in [9.17, 15) is 14.7 Å².